The standard InChI is InChI=1S/C22H28N4O4/c1-13(2)9-18(21(29)24-16(12-27)10-15-7-8-23-20(15)28)26-22(30)19-11-14-5-3-4-6-17(14)25-19/h3-6,11-13,15-16,18,25H,7-10H2,1-2H3,(H,23,28)(H,24,29)(H,26,30). The van der Waals surface area contributed by atoms with Crippen molar-refractivity contribution in [3.63, 3.8) is 0 Å². The summed E-state index contributed by atoms with van der Waals surface area (Å²) >= 11 is 0. The summed E-state index contributed by atoms with van der Waals surface area (Å²) in [4.78, 5) is 51.9. The normalized spacial score (nSPS) is 18.1. The molecule has 3 amide bonds. The number of H-pyrrole nitrogens is 1. The van der Waals surface area contributed by atoms with E-state index < -0.39 is 18.0 Å². The molecule has 1 aromatic heterocycles. The number of fused-ring (bicyclic) bond motifs is 1. The Bertz CT molecular complexity index is 903. The molecule has 3 atom stereocenters. The average Bonchev–Trinajstić information content (AvgIpc) is 3.32. The van der Waals surface area contributed by atoms with Crippen LogP contribution in [0.4, 0.5) is 0 Å². The van der Waals surface area contributed by atoms with Crippen molar-refractivity contribution in [2.24, 2.45) is 11.8 Å². The van der Waals surface area contributed by atoms with E-state index >= 15 is 0 Å². The van der Waals surface area contributed by atoms with E-state index in [9.17, 15) is 19.2 Å². The number of aldehydes is 1. The minimum Gasteiger partial charge on any atom is -0.356 e. The molecule has 2 heterocycles. The van der Waals surface area contributed by atoms with Crippen LogP contribution in [0.25, 0.3) is 10.9 Å². The molecule has 0 spiro atoms. The molecule has 0 bridgehead atoms. The zero-order chi connectivity index (χ0) is 21.7. The molecule has 1 aliphatic heterocycles. The fourth-order valence-electron chi connectivity index (χ4n) is 3.74. The summed E-state index contributed by atoms with van der Waals surface area (Å²) in [6, 6.07) is 7.71. The van der Waals surface area contributed by atoms with Gasteiger partial charge in [0.25, 0.3) is 5.91 Å². The number of para-hydroxylation sites is 1. The maximum absolute atomic E-state index is 12.8. The van der Waals surface area contributed by atoms with Crippen LogP contribution in [0, 0.1) is 11.8 Å². The maximum atomic E-state index is 12.8. The van der Waals surface area contributed by atoms with Gasteiger partial charge in [-0.15, -0.1) is 0 Å². The molecular formula is C22H28N4O4. The lowest BCUT2D eigenvalue weighted by molar-refractivity contribution is -0.127. The smallest absolute Gasteiger partial charge is 0.268 e. The summed E-state index contributed by atoms with van der Waals surface area (Å²) in [5.41, 5.74) is 1.20. The Morgan fingerprint density at radius 1 is 1.23 bits per heavy atom. The van der Waals surface area contributed by atoms with Gasteiger partial charge in [-0.05, 0) is 37.3 Å². The number of hydrogen-bond acceptors (Lipinski definition) is 4. The number of hydrogen-bond donors (Lipinski definition) is 4. The molecule has 8 nitrogen and oxygen atoms in total. The average molecular weight is 412 g/mol. The van der Waals surface area contributed by atoms with Crippen molar-refractivity contribution >= 4 is 34.9 Å². The highest BCUT2D eigenvalue weighted by Gasteiger charge is 2.30. The lowest BCUT2D eigenvalue weighted by Crippen LogP contribution is -2.51. The number of amides is 3. The summed E-state index contributed by atoms with van der Waals surface area (Å²) < 4.78 is 0. The van der Waals surface area contributed by atoms with Gasteiger partial charge in [0.1, 0.15) is 18.0 Å². The largest absolute Gasteiger partial charge is 0.356 e. The zero-order valence-electron chi connectivity index (χ0n) is 17.2. The van der Waals surface area contributed by atoms with Crippen LogP contribution in [-0.4, -0.2) is 47.6 Å². The highest BCUT2D eigenvalue weighted by atomic mass is 16.2. The van der Waals surface area contributed by atoms with Gasteiger partial charge in [-0.1, -0.05) is 32.0 Å². The Labute approximate surface area is 175 Å². The number of nitrogens with one attached hydrogen (secondary N) is 4. The topological polar surface area (TPSA) is 120 Å². The monoisotopic (exact) mass is 412 g/mol. The quantitative estimate of drug-likeness (QED) is 0.467. The van der Waals surface area contributed by atoms with Gasteiger partial charge in [-0.3, -0.25) is 14.4 Å². The first-order valence-corrected chi connectivity index (χ1v) is 10.3. The van der Waals surface area contributed by atoms with Gasteiger partial charge in [-0.2, -0.15) is 0 Å². The van der Waals surface area contributed by atoms with Crippen LogP contribution in [0.1, 0.15) is 43.6 Å². The molecule has 2 aromatic rings. The van der Waals surface area contributed by atoms with E-state index in [0.717, 1.165) is 10.9 Å². The molecule has 1 aliphatic rings. The fourth-order valence-corrected chi connectivity index (χ4v) is 3.74. The van der Waals surface area contributed by atoms with Crippen molar-refractivity contribution in [3.8, 4) is 0 Å². The van der Waals surface area contributed by atoms with E-state index in [2.05, 4.69) is 20.9 Å². The van der Waals surface area contributed by atoms with Crippen molar-refractivity contribution in [3.05, 3.63) is 36.0 Å². The van der Waals surface area contributed by atoms with E-state index in [-0.39, 0.29) is 30.1 Å². The van der Waals surface area contributed by atoms with Crippen LogP contribution in [0.3, 0.4) is 0 Å². The molecule has 0 saturated carbocycles. The Balaban J connectivity index is 1.67. The minimum absolute atomic E-state index is 0.0954. The molecule has 8 heteroatoms. The molecule has 30 heavy (non-hydrogen) atoms. The number of rotatable bonds is 9. The maximum Gasteiger partial charge on any atom is 0.268 e. The molecule has 0 radical (unpaired) electrons. The number of aromatic amines is 1. The van der Waals surface area contributed by atoms with Crippen molar-refractivity contribution in [1.82, 2.24) is 20.9 Å². The van der Waals surface area contributed by atoms with Crippen LogP contribution in [0.15, 0.2) is 30.3 Å². The van der Waals surface area contributed by atoms with Crippen molar-refractivity contribution in [2.75, 3.05) is 6.54 Å². The predicted octanol–water partition coefficient (Wildman–Crippen LogP) is 1.52. The van der Waals surface area contributed by atoms with Gasteiger partial charge in [0.15, 0.2) is 0 Å². The van der Waals surface area contributed by atoms with Crippen LogP contribution < -0.4 is 16.0 Å². The van der Waals surface area contributed by atoms with Gasteiger partial charge in [0.2, 0.25) is 11.8 Å². The highest BCUT2D eigenvalue weighted by molar-refractivity contribution is 6.00. The second-order valence-electron chi connectivity index (χ2n) is 8.19. The Morgan fingerprint density at radius 3 is 2.63 bits per heavy atom. The number of carbonyl (C=O) groups excluding carboxylic acids is 4. The molecule has 4 N–H and O–H groups in total. The van der Waals surface area contributed by atoms with Gasteiger partial charge in [-0.25, -0.2) is 0 Å². The van der Waals surface area contributed by atoms with Gasteiger partial charge < -0.3 is 25.7 Å². The predicted molar refractivity (Wildman–Crippen MR) is 113 cm³/mol. The summed E-state index contributed by atoms with van der Waals surface area (Å²) in [7, 11) is 0. The molecule has 3 rings (SSSR count). The van der Waals surface area contributed by atoms with Crippen LogP contribution >= 0.6 is 0 Å². The van der Waals surface area contributed by atoms with Gasteiger partial charge >= 0.3 is 0 Å². The number of carbonyl (C=O) groups is 4. The third kappa shape index (κ3) is 5.25. The Hall–Kier alpha value is -3.16. The van der Waals surface area contributed by atoms with Crippen LogP contribution in [0.5, 0.6) is 0 Å². The summed E-state index contributed by atoms with van der Waals surface area (Å²) in [5.74, 6) is -1.04. The molecule has 3 unspecified atom stereocenters. The third-order valence-corrected chi connectivity index (χ3v) is 5.30. The summed E-state index contributed by atoms with van der Waals surface area (Å²) in [5, 5.41) is 9.11. The first-order valence-electron chi connectivity index (χ1n) is 10.3. The van der Waals surface area contributed by atoms with E-state index in [1.165, 1.54) is 0 Å². The van der Waals surface area contributed by atoms with Gasteiger partial charge in [0, 0.05) is 23.4 Å². The molecular weight excluding hydrogens is 384 g/mol. The summed E-state index contributed by atoms with van der Waals surface area (Å²) in [6.45, 7) is 4.49. The van der Waals surface area contributed by atoms with E-state index in [4.69, 9.17) is 0 Å². The van der Waals surface area contributed by atoms with Crippen molar-refractivity contribution in [1.29, 1.82) is 0 Å². The number of aromatic nitrogens is 1. The van der Waals surface area contributed by atoms with Crippen LogP contribution in [-0.2, 0) is 14.4 Å². The first kappa shape index (κ1) is 21.5. The lowest BCUT2D eigenvalue weighted by atomic mass is 9.98. The van der Waals surface area contributed by atoms with Crippen molar-refractivity contribution in [2.45, 2.75) is 45.2 Å². The highest BCUT2D eigenvalue weighted by Crippen LogP contribution is 2.17. The molecule has 0 aliphatic carbocycles. The second-order valence-corrected chi connectivity index (χ2v) is 8.19. The Morgan fingerprint density at radius 2 is 2.00 bits per heavy atom. The lowest BCUT2D eigenvalue weighted by Gasteiger charge is -2.23. The zero-order valence-corrected chi connectivity index (χ0v) is 17.2. The van der Waals surface area contributed by atoms with E-state index in [0.29, 0.717) is 31.4 Å². The van der Waals surface area contributed by atoms with Crippen LogP contribution in [0.2, 0.25) is 0 Å². The summed E-state index contributed by atoms with van der Waals surface area (Å²) in [6.07, 6.45) is 1.97. The van der Waals surface area contributed by atoms with Crippen molar-refractivity contribution < 1.29 is 19.2 Å². The number of benzene rings is 1. The van der Waals surface area contributed by atoms with E-state index in [1.807, 2.05) is 38.1 Å². The van der Waals surface area contributed by atoms with Gasteiger partial charge in [0.05, 0.1) is 6.04 Å². The van der Waals surface area contributed by atoms with E-state index in [1.54, 1.807) is 6.07 Å². The Kier molecular flexibility index (Phi) is 6.87. The molecule has 1 saturated heterocycles. The SMILES string of the molecule is CC(C)CC(NC(=O)c1cc2ccccc2[nH]1)C(=O)NC(C=O)CC1CCNC1=O. The fraction of sp³-hybridized carbons (Fsp3) is 0.455. The molecule has 1 aromatic carbocycles. The second kappa shape index (κ2) is 9.56. The minimum atomic E-state index is -0.788. The molecule has 160 valence electrons. The first-order chi connectivity index (χ1) is 14.4. The third-order valence-electron chi connectivity index (χ3n) is 5.30. The molecule has 1 fully saturated rings.